The fourth-order valence-corrected chi connectivity index (χ4v) is 1.75. The lowest BCUT2D eigenvalue weighted by molar-refractivity contribution is 0.0954. The highest BCUT2D eigenvalue weighted by Crippen LogP contribution is 2.13. The number of aromatic amines is 1. The highest BCUT2D eigenvalue weighted by atomic mass is 19.1. The Kier molecular flexibility index (Phi) is 4.65. The van der Waals surface area contributed by atoms with E-state index in [1.807, 2.05) is 6.92 Å². The number of H-pyrrole nitrogens is 1. The molecular weight excluding hydrogens is 261 g/mol. The number of aromatic nitrogens is 3. The quantitative estimate of drug-likeness (QED) is 0.744. The van der Waals surface area contributed by atoms with Gasteiger partial charge in [-0.05, 0) is 13.0 Å². The van der Waals surface area contributed by atoms with Gasteiger partial charge in [0.1, 0.15) is 11.6 Å². The van der Waals surface area contributed by atoms with Crippen molar-refractivity contribution in [2.75, 3.05) is 18.4 Å². The number of amides is 1. The normalized spacial score (nSPS) is 10.3. The van der Waals surface area contributed by atoms with Crippen molar-refractivity contribution in [3.8, 4) is 0 Å². The van der Waals surface area contributed by atoms with Crippen molar-refractivity contribution in [2.45, 2.75) is 13.3 Å². The molecular formula is C13H16FN5O. The minimum absolute atomic E-state index is 0.205. The van der Waals surface area contributed by atoms with Crippen molar-refractivity contribution in [3.05, 3.63) is 41.9 Å². The van der Waals surface area contributed by atoms with Crippen LogP contribution in [0.4, 0.5) is 10.2 Å². The van der Waals surface area contributed by atoms with E-state index in [1.165, 1.54) is 6.07 Å². The third-order valence-electron chi connectivity index (χ3n) is 2.68. The number of hydrogen-bond acceptors (Lipinski definition) is 4. The molecule has 1 amide bonds. The molecule has 6 nitrogen and oxygen atoms in total. The van der Waals surface area contributed by atoms with Gasteiger partial charge >= 0.3 is 0 Å². The Morgan fingerprint density at radius 2 is 2.30 bits per heavy atom. The molecule has 106 valence electrons. The second kappa shape index (κ2) is 6.65. The van der Waals surface area contributed by atoms with Crippen molar-refractivity contribution < 1.29 is 9.18 Å². The number of anilines is 1. The molecule has 0 fully saturated rings. The minimum atomic E-state index is -0.537. The summed E-state index contributed by atoms with van der Waals surface area (Å²) in [6.45, 7) is 2.92. The molecule has 0 aromatic carbocycles. The number of carbonyl (C=O) groups excluding carboxylic acids is 1. The van der Waals surface area contributed by atoms with Crippen LogP contribution in [0.2, 0.25) is 0 Å². The SMILES string of the molecule is CCNc1ncc(F)cc1C(=O)NCCc1cnc[nH]1. The fourth-order valence-electron chi connectivity index (χ4n) is 1.75. The van der Waals surface area contributed by atoms with Gasteiger partial charge in [-0.15, -0.1) is 0 Å². The van der Waals surface area contributed by atoms with Crippen molar-refractivity contribution >= 4 is 11.7 Å². The van der Waals surface area contributed by atoms with Crippen molar-refractivity contribution in [3.63, 3.8) is 0 Å². The standard InChI is InChI=1S/C13H16FN5O/c1-2-16-12-11(5-9(14)6-18-12)13(20)17-4-3-10-7-15-8-19-10/h5-8H,2-4H2,1H3,(H,15,19)(H,16,18)(H,17,20). The van der Waals surface area contributed by atoms with Crippen LogP contribution >= 0.6 is 0 Å². The van der Waals surface area contributed by atoms with Crippen molar-refractivity contribution in [1.82, 2.24) is 20.3 Å². The Bertz CT molecular complexity index is 570. The molecule has 0 spiro atoms. The van der Waals surface area contributed by atoms with Gasteiger partial charge in [0.05, 0.1) is 18.1 Å². The molecule has 0 radical (unpaired) electrons. The monoisotopic (exact) mass is 277 g/mol. The van der Waals surface area contributed by atoms with Crippen LogP contribution in [0.3, 0.4) is 0 Å². The Hall–Kier alpha value is -2.44. The molecule has 20 heavy (non-hydrogen) atoms. The van der Waals surface area contributed by atoms with Gasteiger partial charge in [0.2, 0.25) is 0 Å². The maximum absolute atomic E-state index is 13.2. The molecule has 2 aromatic rings. The first-order chi connectivity index (χ1) is 9.70. The molecule has 0 aliphatic carbocycles. The number of nitrogens with one attached hydrogen (secondary N) is 3. The molecule has 2 rings (SSSR count). The number of pyridine rings is 1. The summed E-state index contributed by atoms with van der Waals surface area (Å²) < 4.78 is 13.2. The second-order valence-electron chi connectivity index (χ2n) is 4.16. The summed E-state index contributed by atoms with van der Waals surface area (Å²) in [5.74, 6) is -0.509. The number of imidazole rings is 1. The molecule has 0 bridgehead atoms. The van der Waals surface area contributed by atoms with Crippen LogP contribution < -0.4 is 10.6 Å². The fraction of sp³-hybridized carbons (Fsp3) is 0.308. The first-order valence-corrected chi connectivity index (χ1v) is 6.35. The van der Waals surface area contributed by atoms with E-state index >= 15 is 0 Å². The first kappa shape index (κ1) is 14.0. The van der Waals surface area contributed by atoms with E-state index in [2.05, 4.69) is 25.6 Å². The zero-order chi connectivity index (χ0) is 14.4. The highest BCUT2D eigenvalue weighted by molar-refractivity contribution is 5.98. The van der Waals surface area contributed by atoms with E-state index < -0.39 is 5.82 Å². The topological polar surface area (TPSA) is 82.7 Å². The van der Waals surface area contributed by atoms with E-state index in [1.54, 1.807) is 12.5 Å². The largest absolute Gasteiger partial charge is 0.370 e. The third-order valence-corrected chi connectivity index (χ3v) is 2.68. The second-order valence-corrected chi connectivity index (χ2v) is 4.16. The van der Waals surface area contributed by atoms with E-state index in [9.17, 15) is 9.18 Å². The number of hydrogen-bond donors (Lipinski definition) is 3. The van der Waals surface area contributed by atoms with Crippen molar-refractivity contribution in [2.24, 2.45) is 0 Å². The Morgan fingerprint density at radius 1 is 1.45 bits per heavy atom. The summed E-state index contributed by atoms with van der Waals surface area (Å²) >= 11 is 0. The number of carbonyl (C=O) groups is 1. The van der Waals surface area contributed by atoms with Crippen LogP contribution in [-0.4, -0.2) is 33.9 Å². The Balaban J connectivity index is 1.99. The molecule has 0 saturated heterocycles. The van der Waals surface area contributed by atoms with E-state index in [0.717, 1.165) is 11.9 Å². The average Bonchev–Trinajstić information content (AvgIpc) is 2.94. The summed E-state index contributed by atoms with van der Waals surface area (Å²) in [4.78, 5) is 22.8. The predicted octanol–water partition coefficient (Wildman–Crippen LogP) is 1.35. The smallest absolute Gasteiger partial charge is 0.255 e. The van der Waals surface area contributed by atoms with Crippen molar-refractivity contribution in [1.29, 1.82) is 0 Å². The van der Waals surface area contributed by atoms with Crippen LogP contribution in [0.25, 0.3) is 0 Å². The minimum Gasteiger partial charge on any atom is -0.370 e. The van der Waals surface area contributed by atoms with Crippen LogP contribution in [-0.2, 0) is 6.42 Å². The number of rotatable bonds is 6. The van der Waals surface area contributed by atoms with Gasteiger partial charge in [0.25, 0.3) is 5.91 Å². The zero-order valence-corrected chi connectivity index (χ0v) is 11.1. The van der Waals surface area contributed by atoms with Gasteiger partial charge < -0.3 is 15.6 Å². The zero-order valence-electron chi connectivity index (χ0n) is 11.1. The lowest BCUT2D eigenvalue weighted by Gasteiger charge is -2.10. The highest BCUT2D eigenvalue weighted by Gasteiger charge is 2.13. The maximum atomic E-state index is 13.2. The molecule has 7 heteroatoms. The summed E-state index contributed by atoms with van der Waals surface area (Å²) in [6, 6.07) is 1.18. The van der Waals surface area contributed by atoms with Gasteiger partial charge in [-0.25, -0.2) is 14.4 Å². The van der Waals surface area contributed by atoms with Gasteiger partial charge in [-0.3, -0.25) is 4.79 Å². The molecule has 0 atom stereocenters. The molecule has 0 aliphatic rings. The molecule has 2 aromatic heterocycles. The van der Waals surface area contributed by atoms with Crippen LogP contribution in [0.15, 0.2) is 24.8 Å². The number of nitrogens with zero attached hydrogens (tertiary/aromatic N) is 2. The summed E-state index contributed by atoms with van der Waals surface area (Å²) in [7, 11) is 0. The maximum Gasteiger partial charge on any atom is 0.255 e. The van der Waals surface area contributed by atoms with Crippen LogP contribution in [0.5, 0.6) is 0 Å². The number of halogens is 1. The molecule has 2 heterocycles. The van der Waals surface area contributed by atoms with E-state index in [-0.39, 0.29) is 11.5 Å². The lowest BCUT2D eigenvalue weighted by atomic mass is 10.2. The summed E-state index contributed by atoms with van der Waals surface area (Å²) in [6.07, 6.45) is 4.99. The average molecular weight is 277 g/mol. The molecule has 3 N–H and O–H groups in total. The van der Waals surface area contributed by atoms with Crippen LogP contribution in [0, 0.1) is 5.82 Å². The molecule has 0 aliphatic heterocycles. The predicted molar refractivity (Wildman–Crippen MR) is 73.0 cm³/mol. The lowest BCUT2D eigenvalue weighted by Crippen LogP contribution is -2.27. The molecule has 0 unspecified atom stereocenters. The van der Waals surface area contributed by atoms with E-state index in [0.29, 0.717) is 25.3 Å². The van der Waals surface area contributed by atoms with Gasteiger partial charge in [-0.1, -0.05) is 0 Å². The molecule has 0 saturated carbocycles. The van der Waals surface area contributed by atoms with Crippen LogP contribution in [0.1, 0.15) is 23.0 Å². The van der Waals surface area contributed by atoms with Gasteiger partial charge in [0, 0.05) is 31.4 Å². The summed E-state index contributed by atoms with van der Waals surface area (Å²) in [5.41, 5.74) is 1.13. The summed E-state index contributed by atoms with van der Waals surface area (Å²) in [5, 5.41) is 5.66. The van der Waals surface area contributed by atoms with Gasteiger partial charge in [-0.2, -0.15) is 0 Å². The van der Waals surface area contributed by atoms with Gasteiger partial charge in [0.15, 0.2) is 0 Å². The first-order valence-electron chi connectivity index (χ1n) is 6.35. The Labute approximate surface area is 115 Å². The Morgan fingerprint density at radius 3 is 3.00 bits per heavy atom. The van der Waals surface area contributed by atoms with E-state index in [4.69, 9.17) is 0 Å². The third kappa shape index (κ3) is 3.53.